The molecule has 1 aromatic heterocycles. The predicted molar refractivity (Wildman–Crippen MR) is 109 cm³/mol. The van der Waals surface area contributed by atoms with E-state index in [0.717, 1.165) is 17.7 Å². The monoisotopic (exact) mass is 434 g/mol. The lowest BCUT2D eigenvalue weighted by molar-refractivity contribution is 0.0989. The molecule has 0 spiro atoms. The van der Waals surface area contributed by atoms with E-state index in [4.69, 9.17) is 0 Å². The second-order valence-corrected chi connectivity index (χ2v) is 8.67. The van der Waals surface area contributed by atoms with Crippen molar-refractivity contribution in [1.29, 1.82) is 0 Å². The number of benzene rings is 2. The summed E-state index contributed by atoms with van der Waals surface area (Å²) < 4.78 is 48.4. The van der Waals surface area contributed by atoms with Gasteiger partial charge in [-0.1, -0.05) is 36.4 Å². The summed E-state index contributed by atoms with van der Waals surface area (Å²) in [4.78, 5) is 18.3. The molecule has 0 fully saturated rings. The Morgan fingerprint density at radius 1 is 1.14 bits per heavy atom. The largest absolute Gasteiger partial charge is 0.341 e. The van der Waals surface area contributed by atoms with Gasteiger partial charge in [-0.15, -0.1) is 17.9 Å². The molecule has 0 N–H and O–H groups in total. The molecule has 0 saturated carbocycles. The standard InChI is InChI=1S/C20H16F2N2O3S2/c1-2-12-24(20-23-17(13-28-20)14-6-4-3-5-7-14)18(25)15-8-10-16(11-9-15)29(26,27)19(21)22/h2-11,13,19H,1,12H2. The van der Waals surface area contributed by atoms with E-state index in [1.807, 2.05) is 35.7 Å². The quantitative estimate of drug-likeness (QED) is 0.508. The molecule has 0 aliphatic heterocycles. The van der Waals surface area contributed by atoms with Crippen molar-refractivity contribution in [2.24, 2.45) is 0 Å². The molecule has 0 aliphatic rings. The third-order valence-electron chi connectivity index (χ3n) is 4.01. The second kappa shape index (κ2) is 8.62. The van der Waals surface area contributed by atoms with E-state index >= 15 is 0 Å². The van der Waals surface area contributed by atoms with Crippen LogP contribution in [0.15, 0.2) is 77.5 Å². The summed E-state index contributed by atoms with van der Waals surface area (Å²) in [7, 11) is -4.71. The molecule has 150 valence electrons. The van der Waals surface area contributed by atoms with Crippen LogP contribution in [-0.4, -0.2) is 31.6 Å². The number of nitrogens with zero attached hydrogens (tertiary/aromatic N) is 2. The van der Waals surface area contributed by atoms with E-state index in [1.165, 1.54) is 34.4 Å². The van der Waals surface area contributed by atoms with Crippen molar-refractivity contribution in [2.75, 3.05) is 11.4 Å². The Hall–Kier alpha value is -2.91. The highest BCUT2D eigenvalue weighted by molar-refractivity contribution is 7.91. The third kappa shape index (κ3) is 4.41. The number of hydrogen-bond acceptors (Lipinski definition) is 5. The van der Waals surface area contributed by atoms with Crippen molar-refractivity contribution < 1.29 is 22.0 Å². The number of sulfone groups is 1. The molecule has 0 unspecified atom stereocenters. The van der Waals surface area contributed by atoms with E-state index in [2.05, 4.69) is 11.6 Å². The zero-order valence-electron chi connectivity index (χ0n) is 15.0. The average molecular weight is 434 g/mol. The van der Waals surface area contributed by atoms with Gasteiger partial charge in [-0.3, -0.25) is 9.69 Å². The predicted octanol–water partition coefficient (Wildman–Crippen LogP) is 4.64. The molecule has 1 amide bonds. The molecule has 2 aromatic carbocycles. The molecule has 9 heteroatoms. The number of alkyl halides is 2. The molecule has 5 nitrogen and oxygen atoms in total. The van der Waals surface area contributed by atoms with Crippen LogP contribution in [0.2, 0.25) is 0 Å². The summed E-state index contributed by atoms with van der Waals surface area (Å²) in [5.41, 5.74) is 1.77. The number of hydrogen-bond donors (Lipinski definition) is 0. The first-order valence-corrected chi connectivity index (χ1v) is 10.8. The first kappa shape index (κ1) is 20.8. The highest BCUT2D eigenvalue weighted by Gasteiger charge is 2.27. The normalized spacial score (nSPS) is 11.4. The Labute approximate surface area is 170 Å². The fourth-order valence-corrected chi connectivity index (χ4v) is 4.12. The van der Waals surface area contributed by atoms with Crippen molar-refractivity contribution >= 4 is 32.2 Å². The lowest BCUT2D eigenvalue weighted by Crippen LogP contribution is -2.31. The fraction of sp³-hybridized carbons (Fsp3) is 0.100. The molecule has 0 saturated heterocycles. The maximum absolute atomic E-state index is 12.9. The molecule has 1 heterocycles. The number of halogens is 2. The van der Waals surface area contributed by atoms with Crippen molar-refractivity contribution in [2.45, 2.75) is 10.7 Å². The van der Waals surface area contributed by atoms with Gasteiger partial charge in [0.2, 0.25) is 9.84 Å². The first-order valence-electron chi connectivity index (χ1n) is 8.40. The number of anilines is 1. The van der Waals surface area contributed by atoms with E-state index in [9.17, 15) is 22.0 Å². The summed E-state index contributed by atoms with van der Waals surface area (Å²) in [6, 6.07) is 13.9. The average Bonchev–Trinajstić information content (AvgIpc) is 3.22. The minimum absolute atomic E-state index is 0.150. The summed E-state index contributed by atoms with van der Waals surface area (Å²) >= 11 is 1.28. The van der Waals surface area contributed by atoms with Crippen LogP contribution in [0.1, 0.15) is 10.4 Å². The minimum Gasteiger partial charge on any atom is -0.280 e. The van der Waals surface area contributed by atoms with E-state index in [-0.39, 0.29) is 12.1 Å². The molecule has 0 atom stereocenters. The van der Waals surface area contributed by atoms with Gasteiger partial charge < -0.3 is 0 Å². The Bertz CT molecular complexity index is 1110. The molecule has 29 heavy (non-hydrogen) atoms. The third-order valence-corrected chi connectivity index (χ3v) is 6.28. The number of carbonyl (C=O) groups excluding carboxylic acids is 1. The molecule has 0 aliphatic carbocycles. The Morgan fingerprint density at radius 3 is 2.38 bits per heavy atom. The van der Waals surface area contributed by atoms with Gasteiger partial charge >= 0.3 is 5.76 Å². The van der Waals surface area contributed by atoms with E-state index in [1.54, 1.807) is 0 Å². The zero-order valence-corrected chi connectivity index (χ0v) is 16.7. The highest BCUT2D eigenvalue weighted by atomic mass is 32.2. The van der Waals surface area contributed by atoms with Crippen molar-refractivity contribution in [3.8, 4) is 11.3 Å². The van der Waals surface area contributed by atoms with Crippen LogP contribution in [-0.2, 0) is 9.84 Å². The van der Waals surface area contributed by atoms with Gasteiger partial charge in [0.25, 0.3) is 5.91 Å². The minimum atomic E-state index is -4.71. The van der Waals surface area contributed by atoms with Crippen molar-refractivity contribution in [3.05, 3.63) is 78.2 Å². The lowest BCUT2D eigenvalue weighted by Gasteiger charge is -2.18. The van der Waals surface area contributed by atoms with Gasteiger partial charge in [0.05, 0.1) is 10.6 Å². The maximum Gasteiger partial charge on any atom is 0.341 e. The Balaban J connectivity index is 1.89. The van der Waals surface area contributed by atoms with Crippen molar-refractivity contribution in [3.63, 3.8) is 0 Å². The van der Waals surface area contributed by atoms with Crippen LogP contribution in [0.3, 0.4) is 0 Å². The summed E-state index contributed by atoms with van der Waals surface area (Å²) in [6.45, 7) is 3.83. The summed E-state index contributed by atoms with van der Waals surface area (Å²) in [5, 5.41) is 2.27. The molecule has 3 aromatic rings. The van der Waals surface area contributed by atoms with Crippen LogP contribution >= 0.6 is 11.3 Å². The van der Waals surface area contributed by atoms with Gasteiger partial charge in [0, 0.05) is 23.1 Å². The number of aromatic nitrogens is 1. The summed E-state index contributed by atoms with van der Waals surface area (Å²) in [5.74, 6) is -3.96. The second-order valence-electron chi connectivity index (χ2n) is 5.92. The Morgan fingerprint density at radius 2 is 1.79 bits per heavy atom. The van der Waals surface area contributed by atoms with E-state index in [0.29, 0.717) is 10.8 Å². The van der Waals surface area contributed by atoms with Crippen LogP contribution in [0.25, 0.3) is 11.3 Å². The Kier molecular flexibility index (Phi) is 6.19. The first-order chi connectivity index (χ1) is 13.8. The van der Waals surface area contributed by atoms with E-state index < -0.39 is 26.4 Å². The van der Waals surface area contributed by atoms with Crippen molar-refractivity contribution in [1.82, 2.24) is 4.98 Å². The van der Waals surface area contributed by atoms with Crippen LogP contribution in [0, 0.1) is 0 Å². The lowest BCUT2D eigenvalue weighted by atomic mass is 10.2. The molecule has 0 bridgehead atoms. The number of carbonyl (C=O) groups is 1. The van der Waals surface area contributed by atoms with Crippen LogP contribution in [0.4, 0.5) is 13.9 Å². The number of amides is 1. The number of rotatable bonds is 7. The molecule has 0 radical (unpaired) electrons. The molecular weight excluding hydrogens is 418 g/mol. The topological polar surface area (TPSA) is 67.3 Å². The zero-order chi connectivity index (χ0) is 21.0. The molecule has 3 rings (SSSR count). The van der Waals surface area contributed by atoms with Gasteiger partial charge in [-0.25, -0.2) is 13.4 Å². The smallest absolute Gasteiger partial charge is 0.280 e. The molecular formula is C20H16F2N2O3S2. The van der Waals surface area contributed by atoms with Crippen LogP contribution < -0.4 is 4.90 Å². The van der Waals surface area contributed by atoms with Gasteiger partial charge in [0.15, 0.2) is 5.13 Å². The van der Waals surface area contributed by atoms with Gasteiger partial charge in [-0.05, 0) is 24.3 Å². The van der Waals surface area contributed by atoms with Gasteiger partial charge in [0.1, 0.15) is 0 Å². The van der Waals surface area contributed by atoms with Crippen LogP contribution in [0.5, 0.6) is 0 Å². The van der Waals surface area contributed by atoms with Gasteiger partial charge in [-0.2, -0.15) is 8.78 Å². The highest BCUT2D eigenvalue weighted by Crippen LogP contribution is 2.28. The summed E-state index contributed by atoms with van der Waals surface area (Å²) in [6.07, 6.45) is 1.54. The number of thiazole rings is 1. The SMILES string of the molecule is C=CCN(C(=O)c1ccc(S(=O)(=O)C(F)F)cc1)c1nc(-c2ccccc2)cs1. The fourth-order valence-electron chi connectivity index (χ4n) is 2.55. The maximum atomic E-state index is 12.9.